The summed E-state index contributed by atoms with van der Waals surface area (Å²) >= 11 is 0. The lowest BCUT2D eigenvalue weighted by molar-refractivity contribution is 0.00512. The van der Waals surface area contributed by atoms with Gasteiger partial charge in [0, 0.05) is 26.9 Å². The van der Waals surface area contributed by atoms with Crippen LogP contribution in [-0.2, 0) is 27.5 Å². The average molecular weight is 337 g/mol. The highest BCUT2D eigenvalue weighted by Gasteiger charge is 2.49. The molecule has 0 radical (unpaired) electrons. The van der Waals surface area contributed by atoms with Crippen molar-refractivity contribution in [2.24, 2.45) is 0 Å². The molecule has 0 saturated heterocycles. The van der Waals surface area contributed by atoms with E-state index in [9.17, 15) is 0 Å². The van der Waals surface area contributed by atoms with Crippen LogP contribution in [0.3, 0.4) is 0 Å². The van der Waals surface area contributed by atoms with Crippen molar-refractivity contribution in [1.29, 1.82) is 0 Å². The molecular weight excluding hydrogens is 304 g/mol. The van der Waals surface area contributed by atoms with Gasteiger partial charge in [0.1, 0.15) is 0 Å². The third-order valence-corrected chi connectivity index (χ3v) is 7.27. The van der Waals surface area contributed by atoms with Gasteiger partial charge in [0.15, 0.2) is 0 Å². The van der Waals surface area contributed by atoms with E-state index in [1.54, 1.807) is 21.3 Å². The van der Waals surface area contributed by atoms with Crippen LogP contribution in [0.1, 0.15) is 32.1 Å². The molecule has 7 heteroatoms. The van der Waals surface area contributed by atoms with Gasteiger partial charge in [0.05, 0.1) is 39.6 Å². The molecule has 0 aromatic heterocycles. The molecule has 22 heavy (non-hydrogen) atoms. The molecule has 0 unspecified atom stereocenters. The minimum atomic E-state index is -2.75. The van der Waals surface area contributed by atoms with Gasteiger partial charge in [-0.25, -0.2) is 0 Å². The predicted octanol–water partition coefficient (Wildman–Crippen LogP) is 2.25. The van der Waals surface area contributed by atoms with E-state index < -0.39 is 8.80 Å². The molecule has 0 aromatic carbocycles. The first-order valence-electron chi connectivity index (χ1n) is 8.17. The van der Waals surface area contributed by atoms with Gasteiger partial charge in [0.2, 0.25) is 0 Å². The number of ether oxygens (including phenoxy) is 3. The van der Waals surface area contributed by atoms with E-state index in [-0.39, 0.29) is 0 Å². The summed E-state index contributed by atoms with van der Waals surface area (Å²) in [6.45, 7) is 3.13. The zero-order valence-electron chi connectivity index (χ0n) is 14.3. The second kappa shape index (κ2) is 12.4. The summed E-state index contributed by atoms with van der Waals surface area (Å²) in [7, 11) is 2.27. The fraction of sp³-hybridized carbons (Fsp3) is 1.00. The second-order valence-electron chi connectivity index (χ2n) is 5.46. The van der Waals surface area contributed by atoms with Crippen LogP contribution in [-0.4, -0.2) is 69.8 Å². The van der Waals surface area contributed by atoms with Crippen LogP contribution >= 0.6 is 0 Å². The third kappa shape index (κ3) is 7.04. The molecule has 132 valence electrons. The Bertz CT molecular complexity index is 234. The van der Waals surface area contributed by atoms with Crippen molar-refractivity contribution in [1.82, 2.24) is 0 Å². The van der Waals surface area contributed by atoms with Crippen molar-refractivity contribution in [3.63, 3.8) is 0 Å². The molecule has 0 heterocycles. The molecule has 1 saturated carbocycles. The Hall–Kier alpha value is -0.0231. The maximum atomic E-state index is 6.16. The van der Waals surface area contributed by atoms with Crippen LogP contribution in [0, 0.1) is 0 Å². The van der Waals surface area contributed by atoms with Crippen molar-refractivity contribution < 1.29 is 27.5 Å². The number of hydrogen-bond acceptors (Lipinski definition) is 6. The Balaban J connectivity index is 2.72. The van der Waals surface area contributed by atoms with Gasteiger partial charge in [-0.1, -0.05) is 19.3 Å². The highest BCUT2D eigenvalue weighted by molar-refractivity contribution is 6.62. The predicted molar refractivity (Wildman–Crippen MR) is 86.1 cm³/mol. The van der Waals surface area contributed by atoms with Crippen molar-refractivity contribution in [3.8, 4) is 0 Å². The van der Waals surface area contributed by atoms with Gasteiger partial charge in [-0.3, -0.25) is 0 Å². The smallest absolute Gasteiger partial charge is 0.382 e. The van der Waals surface area contributed by atoms with Crippen molar-refractivity contribution >= 4 is 8.80 Å². The molecule has 0 atom stereocenters. The molecule has 0 aromatic rings. The first kappa shape index (κ1) is 20.0. The summed E-state index contributed by atoms with van der Waals surface area (Å²) in [5.74, 6) is 0. The first-order chi connectivity index (χ1) is 10.8. The average Bonchev–Trinajstić information content (AvgIpc) is 2.56. The highest BCUT2D eigenvalue weighted by atomic mass is 28.4. The standard InChI is InChI=1S/C15H32O6Si/c1-16-9-12-19-22(20-13-10-17-2,21-14-11-18-3)15-7-5-4-6-8-15/h15H,4-14H2,1-3H3. The molecule has 0 bridgehead atoms. The van der Waals surface area contributed by atoms with Crippen molar-refractivity contribution in [2.75, 3.05) is 61.0 Å². The lowest BCUT2D eigenvalue weighted by Crippen LogP contribution is -2.52. The Morgan fingerprint density at radius 1 is 0.636 bits per heavy atom. The maximum Gasteiger partial charge on any atom is 0.504 e. The topological polar surface area (TPSA) is 55.4 Å². The van der Waals surface area contributed by atoms with Crippen LogP contribution < -0.4 is 0 Å². The van der Waals surface area contributed by atoms with Crippen molar-refractivity contribution in [2.45, 2.75) is 37.6 Å². The summed E-state index contributed by atoms with van der Waals surface area (Å²) in [4.78, 5) is 0. The summed E-state index contributed by atoms with van der Waals surface area (Å²) in [5.41, 5.74) is 0.367. The van der Waals surface area contributed by atoms with Crippen LogP contribution in [0.15, 0.2) is 0 Å². The van der Waals surface area contributed by atoms with E-state index in [2.05, 4.69) is 0 Å². The molecule has 1 aliphatic rings. The SMILES string of the molecule is COCCO[Si](OCCOC)(OCCOC)C1CCCCC1. The minimum absolute atomic E-state index is 0.367. The van der Waals surface area contributed by atoms with Gasteiger partial charge >= 0.3 is 8.80 Å². The van der Waals surface area contributed by atoms with Crippen LogP contribution in [0.2, 0.25) is 5.54 Å². The van der Waals surface area contributed by atoms with Crippen molar-refractivity contribution in [3.05, 3.63) is 0 Å². The fourth-order valence-electron chi connectivity index (χ4n) is 2.74. The van der Waals surface area contributed by atoms with E-state index in [1.165, 1.54) is 19.3 Å². The maximum absolute atomic E-state index is 6.16. The van der Waals surface area contributed by atoms with E-state index in [1.807, 2.05) is 0 Å². The monoisotopic (exact) mass is 336 g/mol. The zero-order valence-corrected chi connectivity index (χ0v) is 15.3. The van der Waals surface area contributed by atoms with E-state index in [0.717, 1.165) is 12.8 Å². The largest absolute Gasteiger partial charge is 0.504 e. The molecule has 1 rings (SSSR count). The molecule has 0 amide bonds. The molecule has 0 N–H and O–H groups in total. The van der Waals surface area contributed by atoms with E-state index in [0.29, 0.717) is 45.2 Å². The number of hydrogen-bond donors (Lipinski definition) is 0. The van der Waals surface area contributed by atoms with Gasteiger partial charge < -0.3 is 27.5 Å². The molecule has 6 nitrogen and oxygen atoms in total. The lowest BCUT2D eigenvalue weighted by atomic mass is 10.0. The molecule has 0 aliphatic heterocycles. The van der Waals surface area contributed by atoms with Crippen LogP contribution in [0.4, 0.5) is 0 Å². The van der Waals surface area contributed by atoms with Gasteiger partial charge in [-0.05, 0) is 12.8 Å². The second-order valence-corrected chi connectivity index (χ2v) is 8.35. The van der Waals surface area contributed by atoms with Gasteiger partial charge in [-0.2, -0.15) is 0 Å². The summed E-state index contributed by atoms with van der Waals surface area (Å²) < 4.78 is 33.8. The molecule has 1 fully saturated rings. The minimum Gasteiger partial charge on any atom is -0.382 e. The normalized spacial score (nSPS) is 17.0. The number of methoxy groups -OCH3 is 3. The Morgan fingerprint density at radius 2 is 1.05 bits per heavy atom. The summed E-state index contributed by atoms with van der Waals surface area (Å²) in [5, 5.41) is 0. The summed E-state index contributed by atoms with van der Waals surface area (Å²) in [6.07, 6.45) is 5.94. The van der Waals surface area contributed by atoms with E-state index in [4.69, 9.17) is 27.5 Å². The lowest BCUT2D eigenvalue weighted by Gasteiger charge is -2.37. The molecular formula is C15H32O6Si. The zero-order chi connectivity index (χ0) is 16.1. The first-order valence-corrected chi connectivity index (χ1v) is 9.98. The van der Waals surface area contributed by atoms with Gasteiger partial charge in [0.25, 0.3) is 0 Å². The Morgan fingerprint density at radius 3 is 1.41 bits per heavy atom. The highest BCUT2D eigenvalue weighted by Crippen LogP contribution is 2.38. The van der Waals surface area contributed by atoms with Crippen LogP contribution in [0.25, 0.3) is 0 Å². The molecule has 0 spiro atoms. The Labute approximate surface area is 135 Å². The Kier molecular flexibility index (Phi) is 11.3. The van der Waals surface area contributed by atoms with E-state index >= 15 is 0 Å². The van der Waals surface area contributed by atoms with Gasteiger partial charge in [-0.15, -0.1) is 0 Å². The quantitative estimate of drug-likeness (QED) is 0.380. The fourth-order valence-corrected chi connectivity index (χ4v) is 5.91. The van der Waals surface area contributed by atoms with Crippen LogP contribution in [0.5, 0.6) is 0 Å². The summed E-state index contributed by atoms with van der Waals surface area (Å²) in [6, 6.07) is 0. The number of rotatable bonds is 13. The third-order valence-electron chi connectivity index (χ3n) is 3.88. The molecule has 1 aliphatic carbocycles.